The number of nitrogens with zero attached hydrogens (tertiary/aromatic N) is 6. The second kappa shape index (κ2) is 9.50. The summed E-state index contributed by atoms with van der Waals surface area (Å²) in [5.41, 5.74) is 3.43. The first-order valence-corrected chi connectivity index (χ1v) is 12.4. The van der Waals surface area contributed by atoms with Gasteiger partial charge in [0.1, 0.15) is 5.75 Å². The second-order valence-electron chi connectivity index (χ2n) is 9.42. The van der Waals surface area contributed by atoms with Crippen LogP contribution in [-0.4, -0.2) is 70.6 Å². The number of phenols is 1. The molecule has 3 aromatic rings. The minimum atomic E-state index is 0.207. The summed E-state index contributed by atoms with van der Waals surface area (Å²) in [7, 11) is 0. The van der Waals surface area contributed by atoms with Gasteiger partial charge in [-0.15, -0.1) is 10.2 Å². The lowest BCUT2D eigenvalue weighted by molar-refractivity contribution is 0.438. The molecular weight excluding hydrogens is 440 g/mol. The molecule has 0 aliphatic carbocycles. The first kappa shape index (κ1) is 21.8. The molecule has 35 heavy (non-hydrogen) atoms. The van der Waals surface area contributed by atoms with Crippen LogP contribution in [0.5, 0.6) is 5.75 Å². The molecule has 6 rings (SSSR count). The van der Waals surface area contributed by atoms with E-state index in [2.05, 4.69) is 52.8 Å². The summed E-state index contributed by atoms with van der Waals surface area (Å²) in [6.45, 7) is 5.47. The van der Waals surface area contributed by atoms with Crippen molar-refractivity contribution >= 4 is 23.5 Å². The monoisotopic (exact) mass is 470 g/mol. The van der Waals surface area contributed by atoms with Crippen molar-refractivity contribution in [2.75, 3.05) is 54.4 Å². The molecule has 180 valence electrons. The Morgan fingerprint density at radius 3 is 2.69 bits per heavy atom. The number of nitrogens with one attached hydrogen (secondary N) is 2. The highest BCUT2D eigenvalue weighted by Crippen LogP contribution is 2.36. The van der Waals surface area contributed by atoms with E-state index in [9.17, 15) is 5.11 Å². The second-order valence-corrected chi connectivity index (χ2v) is 9.42. The van der Waals surface area contributed by atoms with E-state index in [-0.39, 0.29) is 11.8 Å². The predicted octanol–water partition coefficient (Wildman–Crippen LogP) is 2.77. The molecule has 9 nitrogen and oxygen atoms in total. The fourth-order valence-electron chi connectivity index (χ4n) is 5.16. The molecule has 1 aromatic carbocycles. The van der Waals surface area contributed by atoms with E-state index in [1.807, 2.05) is 30.6 Å². The minimum Gasteiger partial charge on any atom is -0.507 e. The van der Waals surface area contributed by atoms with Crippen molar-refractivity contribution in [2.24, 2.45) is 5.92 Å². The van der Waals surface area contributed by atoms with Crippen LogP contribution < -0.4 is 20.4 Å². The molecule has 0 spiro atoms. The van der Waals surface area contributed by atoms with Crippen LogP contribution in [0.1, 0.15) is 18.4 Å². The van der Waals surface area contributed by atoms with Gasteiger partial charge in [-0.3, -0.25) is 0 Å². The van der Waals surface area contributed by atoms with Gasteiger partial charge in [-0.2, -0.15) is 0 Å². The zero-order valence-electron chi connectivity index (χ0n) is 19.6. The highest BCUT2D eigenvalue weighted by Gasteiger charge is 2.33. The predicted molar refractivity (Wildman–Crippen MR) is 138 cm³/mol. The van der Waals surface area contributed by atoms with E-state index in [1.54, 1.807) is 12.1 Å². The Balaban J connectivity index is 1.15. The number of hydrogen-bond acceptors (Lipinski definition) is 9. The van der Waals surface area contributed by atoms with Crippen LogP contribution in [0.4, 0.5) is 17.5 Å². The molecule has 0 amide bonds. The Labute approximate surface area is 204 Å². The van der Waals surface area contributed by atoms with Gasteiger partial charge in [0.25, 0.3) is 0 Å². The minimum absolute atomic E-state index is 0.207. The molecule has 2 aromatic heterocycles. The van der Waals surface area contributed by atoms with Gasteiger partial charge in [-0.1, -0.05) is 24.3 Å². The van der Waals surface area contributed by atoms with E-state index >= 15 is 0 Å². The number of benzene rings is 1. The van der Waals surface area contributed by atoms with Crippen LogP contribution in [-0.2, 0) is 0 Å². The highest BCUT2D eigenvalue weighted by molar-refractivity contribution is 5.76. The fraction of sp³-hybridized carbons (Fsp3) is 0.385. The molecule has 0 unspecified atom stereocenters. The van der Waals surface area contributed by atoms with E-state index < -0.39 is 0 Å². The van der Waals surface area contributed by atoms with Crippen LogP contribution in [0.25, 0.3) is 17.3 Å². The quantitative estimate of drug-likeness (QED) is 0.531. The molecule has 9 heteroatoms. The molecule has 3 N–H and O–H groups in total. The van der Waals surface area contributed by atoms with Crippen LogP contribution >= 0.6 is 0 Å². The van der Waals surface area contributed by atoms with Crippen molar-refractivity contribution < 1.29 is 5.11 Å². The standard InChI is InChI=1S/C26H30N8O/c35-24-4-2-1-3-21(24)22-13-23-25(32-31-22)28-16-20-17-33(11-12-34(20)23)26-29-14-19(15-30-26)6-5-18-7-9-27-10-8-18/h1-6,13-15,18,20,27,35H,7-12,16-17H2,(H,28,32)/b6-5+/t20-/m0/s1. The fourth-order valence-corrected chi connectivity index (χ4v) is 5.16. The van der Waals surface area contributed by atoms with Crippen molar-refractivity contribution in [3.63, 3.8) is 0 Å². The van der Waals surface area contributed by atoms with Gasteiger partial charge in [-0.25, -0.2) is 9.97 Å². The first-order chi connectivity index (χ1) is 17.2. The first-order valence-electron chi connectivity index (χ1n) is 12.4. The Morgan fingerprint density at radius 1 is 1.03 bits per heavy atom. The average Bonchev–Trinajstić information content (AvgIpc) is 2.92. The van der Waals surface area contributed by atoms with Gasteiger partial charge in [0.05, 0.1) is 17.4 Å². The van der Waals surface area contributed by atoms with Gasteiger partial charge in [0, 0.05) is 49.7 Å². The van der Waals surface area contributed by atoms with Crippen molar-refractivity contribution in [1.82, 2.24) is 25.5 Å². The number of aromatic nitrogens is 4. The van der Waals surface area contributed by atoms with Gasteiger partial charge >= 0.3 is 0 Å². The lowest BCUT2D eigenvalue weighted by atomic mass is 9.97. The van der Waals surface area contributed by atoms with Crippen molar-refractivity contribution in [2.45, 2.75) is 18.9 Å². The van der Waals surface area contributed by atoms with E-state index in [0.29, 0.717) is 17.2 Å². The summed E-state index contributed by atoms with van der Waals surface area (Å²) in [6, 6.07) is 9.52. The number of piperazine rings is 1. The number of aromatic hydroxyl groups is 1. The Kier molecular flexibility index (Phi) is 5.91. The lowest BCUT2D eigenvalue weighted by Gasteiger charge is -2.45. The van der Waals surface area contributed by atoms with Gasteiger partial charge < -0.3 is 25.5 Å². The molecule has 0 radical (unpaired) electrons. The molecule has 5 heterocycles. The molecule has 2 saturated heterocycles. The third-order valence-electron chi connectivity index (χ3n) is 7.14. The summed E-state index contributed by atoms with van der Waals surface area (Å²) in [5, 5.41) is 25.8. The molecule has 3 aliphatic heterocycles. The van der Waals surface area contributed by atoms with E-state index in [0.717, 1.165) is 62.3 Å². The number of rotatable bonds is 4. The topological polar surface area (TPSA) is 102 Å². The summed E-state index contributed by atoms with van der Waals surface area (Å²) in [6.07, 6.45) is 10.7. The maximum atomic E-state index is 10.3. The third kappa shape index (κ3) is 4.51. The van der Waals surface area contributed by atoms with E-state index in [1.165, 1.54) is 12.8 Å². The number of phenolic OH excluding ortho intramolecular Hbond substituents is 1. The number of anilines is 3. The highest BCUT2D eigenvalue weighted by atomic mass is 16.3. The lowest BCUT2D eigenvalue weighted by Crippen LogP contribution is -2.58. The van der Waals surface area contributed by atoms with Crippen LogP contribution in [0.15, 0.2) is 48.8 Å². The summed E-state index contributed by atoms with van der Waals surface area (Å²) >= 11 is 0. The van der Waals surface area contributed by atoms with Crippen molar-refractivity contribution in [1.29, 1.82) is 0 Å². The molecule has 3 aliphatic rings. The normalized spacial score (nSPS) is 20.4. The zero-order chi connectivity index (χ0) is 23.6. The van der Waals surface area contributed by atoms with Crippen molar-refractivity contribution in [3.8, 4) is 17.0 Å². The Bertz CT molecular complexity index is 1210. The maximum absolute atomic E-state index is 10.3. The molecule has 2 fully saturated rings. The number of fused-ring (bicyclic) bond motifs is 3. The van der Waals surface area contributed by atoms with Gasteiger partial charge in [-0.05, 0) is 50.0 Å². The Morgan fingerprint density at radius 2 is 1.86 bits per heavy atom. The van der Waals surface area contributed by atoms with Crippen LogP contribution in [0, 0.1) is 5.92 Å². The van der Waals surface area contributed by atoms with Gasteiger partial charge in [0.2, 0.25) is 5.95 Å². The zero-order valence-corrected chi connectivity index (χ0v) is 19.6. The smallest absolute Gasteiger partial charge is 0.225 e. The molecular formula is C26H30N8O. The summed E-state index contributed by atoms with van der Waals surface area (Å²) in [5.74, 6) is 2.41. The Hall–Kier alpha value is -3.72. The number of para-hydroxylation sites is 1. The van der Waals surface area contributed by atoms with Crippen molar-refractivity contribution in [3.05, 3.63) is 54.4 Å². The molecule has 0 saturated carbocycles. The van der Waals surface area contributed by atoms with Gasteiger partial charge in [0.15, 0.2) is 5.82 Å². The number of allylic oxidation sites excluding steroid dienone is 1. The average molecular weight is 471 g/mol. The number of hydrogen-bond donors (Lipinski definition) is 3. The summed E-state index contributed by atoms with van der Waals surface area (Å²) < 4.78 is 0. The molecule has 1 atom stereocenters. The number of piperidine rings is 1. The maximum Gasteiger partial charge on any atom is 0.225 e. The van der Waals surface area contributed by atoms with E-state index in [4.69, 9.17) is 0 Å². The summed E-state index contributed by atoms with van der Waals surface area (Å²) in [4.78, 5) is 14.0. The van der Waals surface area contributed by atoms with Crippen LogP contribution in [0.3, 0.4) is 0 Å². The third-order valence-corrected chi connectivity index (χ3v) is 7.14. The largest absolute Gasteiger partial charge is 0.507 e. The van der Waals surface area contributed by atoms with Crippen LogP contribution in [0.2, 0.25) is 0 Å². The molecule has 0 bridgehead atoms. The SMILES string of the molecule is Oc1ccccc1-c1cc2c(nn1)NC[C@H]1CN(c3ncc(/C=C/C4CCNCC4)cn3)CCN21.